The van der Waals surface area contributed by atoms with E-state index in [1.165, 1.54) is 13.3 Å². The van der Waals surface area contributed by atoms with Gasteiger partial charge in [-0.15, -0.1) is 0 Å². The monoisotopic (exact) mass is 315 g/mol. The van der Waals surface area contributed by atoms with Crippen LogP contribution in [0, 0.1) is 15.9 Å². The molecule has 0 aliphatic carbocycles. The highest BCUT2D eigenvalue weighted by molar-refractivity contribution is 7.89. The van der Waals surface area contributed by atoms with Crippen molar-refractivity contribution in [3.63, 3.8) is 0 Å². The van der Waals surface area contributed by atoms with Crippen molar-refractivity contribution in [2.45, 2.75) is 17.9 Å². The van der Waals surface area contributed by atoms with Gasteiger partial charge in [0.15, 0.2) is 0 Å². The third kappa shape index (κ3) is 3.20. The van der Waals surface area contributed by atoms with Crippen LogP contribution in [0.2, 0.25) is 0 Å². The van der Waals surface area contributed by atoms with E-state index in [0.717, 1.165) is 12.1 Å². The molecule has 1 aromatic heterocycles. The van der Waals surface area contributed by atoms with E-state index >= 15 is 0 Å². The van der Waals surface area contributed by atoms with Gasteiger partial charge in [-0.05, 0) is 13.0 Å². The van der Waals surface area contributed by atoms with Crippen LogP contribution < -0.4 is 4.72 Å². The maximum Gasteiger partial charge on any atom is 0.270 e. The zero-order valence-corrected chi connectivity index (χ0v) is 11.5. The maximum absolute atomic E-state index is 13.6. The molecule has 0 bridgehead atoms. The number of nitrogens with zero attached hydrogens (tertiary/aromatic N) is 3. The Balaban J connectivity index is 2.35. The number of rotatable bonds is 5. The minimum atomic E-state index is -4.29. The van der Waals surface area contributed by atoms with Gasteiger partial charge in [-0.3, -0.25) is 15.2 Å². The number of nitro benzene ring substituents is 1. The average molecular weight is 315 g/mol. The van der Waals surface area contributed by atoms with Gasteiger partial charge in [-0.2, -0.15) is 5.10 Å². The summed E-state index contributed by atoms with van der Waals surface area (Å²) in [7, 11) is -4.29. The molecule has 1 heterocycles. The average Bonchev–Trinajstić information content (AvgIpc) is 2.92. The summed E-state index contributed by atoms with van der Waals surface area (Å²) in [6.07, 6.45) is 1.19. The molecule has 1 atom stereocenters. The van der Waals surface area contributed by atoms with Gasteiger partial charge in [-0.1, -0.05) is 0 Å². The Morgan fingerprint density at radius 1 is 1.48 bits per heavy atom. The fraction of sp³-hybridized carbons (Fsp3) is 0.200. The first kappa shape index (κ1) is 15.0. The molecule has 0 saturated carbocycles. The molecule has 2 aromatic rings. The lowest BCUT2D eigenvalue weighted by atomic mass is 10.3. The zero-order chi connectivity index (χ0) is 15.6. The van der Waals surface area contributed by atoms with Crippen molar-refractivity contribution in [2.24, 2.45) is 0 Å². The summed E-state index contributed by atoms with van der Waals surface area (Å²) in [5.74, 6) is -0.859. The molecule has 11 heteroatoms. The predicted molar refractivity (Wildman–Crippen MR) is 68.2 cm³/mol. The van der Waals surface area contributed by atoms with Gasteiger partial charge in [0.1, 0.15) is 22.9 Å². The van der Waals surface area contributed by atoms with Gasteiger partial charge in [0.25, 0.3) is 5.69 Å². The summed E-state index contributed by atoms with van der Waals surface area (Å²) < 4.78 is 40.0. The molecular weight excluding hydrogens is 305 g/mol. The first-order valence-corrected chi connectivity index (χ1v) is 7.11. The molecule has 0 spiro atoms. The number of aromatic amines is 1. The second-order valence-corrected chi connectivity index (χ2v) is 5.77. The molecule has 2 rings (SSSR count). The molecule has 0 aliphatic rings. The molecule has 1 aromatic carbocycles. The van der Waals surface area contributed by atoms with E-state index in [1.807, 2.05) is 0 Å². The fourth-order valence-electron chi connectivity index (χ4n) is 1.59. The van der Waals surface area contributed by atoms with E-state index in [4.69, 9.17) is 0 Å². The summed E-state index contributed by atoms with van der Waals surface area (Å²) in [4.78, 5) is 12.8. The number of nitrogens with one attached hydrogen (secondary N) is 2. The summed E-state index contributed by atoms with van der Waals surface area (Å²) >= 11 is 0. The Labute approximate surface area is 118 Å². The number of hydrogen-bond donors (Lipinski definition) is 2. The Bertz CT molecular complexity index is 762. The Hall–Kier alpha value is -2.40. The highest BCUT2D eigenvalue weighted by atomic mass is 32.2. The van der Waals surface area contributed by atoms with Crippen LogP contribution in [-0.2, 0) is 10.0 Å². The smallest absolute Gasteiger partial charge is 0.262 e. The molecule has 0 fully saturated rings. The lowest BCUT2D eigenvalue weighted by molar-refractivity contribution is -0.385. The second-order valence-electron chi connectivity index (χ2n) is 4.09. The third-order valence-corrected chi connectivity index (χ3v) is 4.15. The minimum Gasteiger partial charge on any atom is -0.262 e. The van der Waals surface area contributed by atoms with Crippen molar-refractivity contribution in [1.29, 1.82) is 0 Å². The quantitative estimate of drug-likeness (QED) is 0.622. The number of benzene rings is 1. The molecule has 2 N–H and O–H groups in total. The van der Waals surface area contributed by atoms with E-state index in [9.17, 15) is 22.9 Å². The summed E-state index contributed by atoms with van der Waals surface area (Å²) in [5.41, 5.74) is -0.524. The SMILES string of the molecule is CC(NS(=O)(=O)c1cc([N+](=O)[O-])ccc1F)c1ncn[nH]1. The van der Waals surface area contributed by atoms with Crippen LogP contribution in [-0.4, -0.2) is 28.5 Å². The van der Waals surface area contributed by atoms with E-state index in [2.05, 4.69) is 19.9 Å². The zero-order valence-electron chi connectivity index (χ0n) is 10.6. The van der Waals surface area contributed by atoms with Gasteiger partial charge in [0.2, 0.25) is 10.0 Å². The van der Waals surface area contributed by atoms with Crippen LogP contribution in [0.25, 0.3) is 0 Å². The largest absolute Gasteiger partial charge is 0.270 e. The first-order chi connectivity index (χ1) is 9.81. The predicted octanol–water partition coefficient (Wildman–Crippen LogP) is 0.891. The lowest BCUT2D eigenvalue weighted by Crippen LogP contribution is -2.28. The summed E-state index contributed by atoms with van der Waals surface area (Å²) in [6, 6.07) is 1.46. The first-order valence-electron chi connectivity index (χ1n) is 5.63. The summed E-state index contributed by atoms with van der Waals surface area (Å²) in [5, 5.41) is 16.7. The number of nitro groups is 1. The normalized spacial score (nSPS) is 13.0. The molecular formula is C10H10FN5O4S. The van der Waals surface area contributed by atoms with Gasteiger partial charge in [-0.25, -0.2) is 22.5 Å². The van der Waals surface area contributed by atoms with E-state index in [-0.39, 0.29) is 5.82 Å². The van der Waals surface area contributed by atoms with Crippen molar-refractivity contribution in [3.05, 3.63) is 46.3 Å². The highest BCUT2D eigenvalue weighted by Gasteiger charge is 2.25. The van der Waals surface area contributed by atoms with Gasteiger partial charge in [0, 0.05) is 12.1 Å². The molecule has 0 aliphatic heterocycles. The van der Waals surface area contributed by atoms with Crippen LogP contribution in [0.1, 0.15) is 18.8 Å². The number of H-pyrrole nitrogens is 1. The van der Waals surface area contributed by atoms with Crippen molar-refractivity contribution in [1.82, 2.24) is 19.9 Å². The molecule has 21 heavy (non-hydrogen) atoms. The van der Waals surface area contributed by atoms with Gasteiger partial charge in [0.05, 0.1) is 11.0 Å². The highest BCUT2D eigenvalue weighted by Crippen LogP contribution is 2.22. The minimum absolute atomic E-state index is 0.226. The Kier molecular flexibility index (Phi) is 3.95. The third-order valence-electron chi connectivity index (χ3n) is 2.59. The van der Waals surface area contributed by atoms with Gasteiger partial charge < -0.3 is 0 Å². The van der Waals surface area contributed by atoms with Crippen LogP contribution in [0.5, 0.6) is 0 Å². The second kappa shape index (κ2) is 5.54. The topological polar surface area (TPSA) is 131 Å². The van der Waals surface area contributed by atoms with E-state index in [0.29, 0.717) is 6.07 Å². The number of aromatic nitrogens is 3. The number of non-ortho nitro benzene ring substituents is 1. The Morgan fingerprint density at radius 2 is 2.19 bits per heavy atom. The van der Waals surface area contributed by atoms with Crippen molar-refractivity contribution in [2.75, 3.05) is 0 Å². The van der Waals surface area contributed by atoms with Crippen LogP contribution >= 0.6 is 0 Å². The maximum atomic E-state index is 13.6. The molecule has 0 saturated heterocycles. The fourth-order valence-corrected chi connectivity index (χ4v) is 2.89. The van der Waals surface area contributed by atoms with Gasteiger partial charge >= 0.3 is 0 Å². The number of hydrogen-bond acceptors (Lipinski definition) is 6. The van der Waals surface area contributed by atoms with Crippen molar-refractivity contribution >= 4 is 15.7 Å². The Morgan fingerprint density at radius 3 is 2.76 bits per heavy atom. The lowest BCUT2D eigenvalue weighted by Gasteiger charge is -2.12. The van der Waals surface area contributed by atoms with Crippen molar-refractivity contribution < 1.29 is 17.7 Å². The summed E-state index contributed by atoms with van der Waals surface area (Å²) in [6.45, 7) is 1.47. The van der Waals surface area contributed by atoms with Crippen molar-refractivity contribution in [3.8, 4) is 0 Å². The van der Waals surface area contributed by atoms with Crippen LogP contribution in [0.4, 0.5) is 10.1 Å². The standard InChI is InChI=1S/C10H10FN5O4S/c1-6(10-12-5-13-14-10)15-21(19,20)9-4-7(16(17)18)2-3-8(9)11/h2-6,15H,1H3,(H,12,13,14). The molecule has 0 amide bonds. The molecule has 1 unspecified atom stereocenters. The number of halogens is 1. The van der Waals surface area contributed by atoms with E-state index in [1.54, 1.807) is 0 Å². The van der Waals surface area contributed by atoms with Crippen LogP contribution in [0.3, 0.4) is 0 Å². The molecule has 0 radical (unpaired) electrons. The molecule has 112 valence electrons. The molecule has 9 nitrogen and oxygen atoms in total. The number of sulfonamides is 1. The van der Waals surface area contributed by atoms with Crippen LogP contribution in [0.15, 0.2) is 29.4 Å². The van der Waals surface area contributed by atoms with E-state index < -0.39 is 37.4 Å².